The first-order chi connectivity index (χ1) is 12.4. The molecule has 0 fully saturated rings. The van der Waals surface area contributed by atoms with Gasteiger partial charge in [-0.25, -0.2) is 0 Å². The second-order valence-corrected chi connectivity index (χ2v) is 5.72. The van der Waals surface area contributed by atoms with Crippen molar-refractivity contribution in [3.05, 3.63) is 73.4 Å². The van der Waals surface area contributed by atoms with E-state index >= 15 is 0 Å². The molecule has 10 heteroatoms. The molecule has 0 saturated carbocycles. The monoisotopic (exact) mass is 373 g/mol. The first-order valence-corrected chi connectivity index (χ1v) is 7.72. The first-order valence-electron chi connectivity index (χ1n) is 7.35. The SMILES string of the molecule is Cn1c(Cl)c(C=NNc2ccc([N+](=O)[O-])cc2[N+](=O)[O-])c2ccccc21. The van der Waals surface area contributed by atoms with Crippen molar-refractivity contribution in [1.82, 2.24) is 4.57 Å². The molecule has 1 heterocycles. The van der Waals surface area contributed by atoms with Crippen LogP contribution in [-0.2, 0) is 7.05 Å². The van der Waals surface area contributed by atoms with Crippen molar-refractivity contribution >= 4 is 45.8 Å². The Balaban J connectivity index is 1.94. The van der Waals surface area contributed by atoms with Crippen LogP contribution in [0.4, 0.5) is 17.1 Å². The molecule has 0 radical (unpaired) electrons. The number of halogens is 1. The molecular weight excluding hydrogens is 362 g/mol. The van der Waals surface area contributed by atoms with E-state index in [1.54, 1.807) is 4.57 Å². The van der Waals surface area contributed by atoms with E-state index in [0.717, 1.165) is 23.0 Å². The van der Waals surface area contributed by atoms with Crippen molar-refractivity contribution in [1.29, 1.82) is 0 Å². The summed E-state index contributed by atoms with van der Waals surface area (Å²) >= 11 is 6.32. The quantitative estimate of drug-likeness (QED) is 0.410. The van der Waals surface area contributed by atoms with Crippen LogP contribution in [0.1, 0.15) is 5.56 Å². The summed E-state index contributed by atoms with van der Waals surface area (Å²) in [5.74, 6) is 0. The van der Waals surface area contributed by atoms with E-state index in [4.69, 9.17) is 11.6 Å². The number of hydrogen-bond acceptors (Lipinski definition) is 6. The summed E-state index contributed by atoms with van der Waals surface area (Å²) in [4.78, 5) is 20.5. The number of nitro groups is 2. The predicted octanol–water partition coefficient (Wildman–Crippen LogP) is 4.09. The summed E-state index contributed by atoms with van der Waals surface area (Å²) < 4.78 is 1.80. The predicted molar refractivity (Wildman–Crippen MR) is 98.9 cm³/mol. The topological polar surface area (TPSA) is 116 Å². The lowest BCUT2D eigenvalue weighted by atomic mass is 10.2. The van der Waals surface area contributed by atoms with E-state index in [2.05, 4.69) is 10.5 Å². The maximum absolute atomic E-state index is 11.1. The Morgan fingerprint density at radius 1 is 1.15 bits per heavy atom. The van der Waals surface area contributed by atoms with Gasteiger partial charge in [-0.15, -0.1) is 0 Å². The van der Waals surface area contributed by atoms with Crippen LogP contribution in [-0.4, -0.2) is 20.6 Å². The van der Waals surface area contributed by atoms with Crippen LogP contribution in [0.5, 0.6) is 0 Å². The zero-order valence-corrected chi connectivity index (χ0v) is 14.2. The number of non-ortho nitro benzene ring substituents is 1. The number of nitrogens with one attached hydrogen (secondary N) is 1. The number of benzene rings is 2. The smallest absolute Gasteiger partial charge is 0.301 e. The first kappa shape index (κ1) is 17.4. The normalized spacial score (nSPS) is 11.2. The summed E-state index contributed by atoms with van der Waals surface area (Å²) in [7, 11) is 1.82. The second kappa shape index (κ2) is 6.81. The molecule has 0 atom stereocenters. The average molecular weight is 374 g/mol. The Kier molecular flexibility index (Phi) is 4.55. The lowest BCUT2D eigenvalue weighted by Gasteiger charge is -2.02. The molecule has 26 heavy (non-hydrogen) atoms. The molecule has 0 aliphatic carbocycles. The van der Waals surface area contributed by atoms with Gasteiger partial charge in [0.2, 0.25) is 0 Å². The Bertz CT molecular complexity index is 1060. The Hall–Kier alpha value is -3.46. The van der Waals surface area contributed by atoms with Crippen LogP contribution in [0.2, 0.25) is 5.15 Å². The molecule has 0 aliphatic rings. The maximum atomic E-state index is 11.1. The third-order valence-electron chi connectivity index (χ3n) is 3.84. The van der Waals surface area contributed by atoms with Crippen molar-refractivity contribution < 1.29 is 9.85 Å². The van der Waals surface area contributed by atoms with Gasteiger partial charge in [-0.2, -0.15) is 5.10 Å². The van der Waals surface area contributed by atoms with Gasteiger partial charge in [0, 0.05) is 29.6 Å². The van der Waals surface area contributed by atoms with Crippen LogP contribution in [0.25, 0.3) is 10.9 Å². The molecule has 3 rings (SSSR count). The van der Waals surface area contributed by atoms with E-state index < -0.39 is 15.5 Å². The van der Waals surface area contributed by atoms with E-state index in [1.807, 2.05) is 31.3 Å². The van der Waals surface area contributed by atoms with Crippen LogP contribution < -0.4 is 5.43 Å². The molecule has 0 aliphatic heterocycles. The maximum Gasteiger partial charge on any atom is 0.301 e. The molecule has 0 bridgehead atoms. The number of rotatable bonds is 5. The molecule has 0 amide bonds. The fraction of sp³-hybridized carbons (Fsp3) is 0.0625. The number of nitro benzene ring substituents is 2. The number of anilines is 1. The summed E-state index contributed by atoms with van der Waals surface area (Å²) in [6, 6.07) is 10.8. The molecule has 1 aromatic heterocycles. The molecule has 0 unspecified atom stereocenters. The highest BCUT2D eigenvalue weighted by Crippen LogP contribution is 2.30. The van der Waals surface area contributed by atoms with Gasteiger partial charge in [0.25, 0.3) is 5.69 Å². The van der Waals surface area contributed by atoms with Gasteiger partial charge in [0.15, 0.2) is 0 Å². The summed E-state index contributed by atoms with van der Waals surface area (Å²) in [6.45, 7) is 0. The van der Waals surface area contributed by atoms with Crippen molar-refractivity contribution in [2.24, 2.45) is 12.1 Å². The van der Waals surface area contributed by atoms with Crippen LogP contribution in [0.15, 0.2) is 47.6 Å². The highest BCUT2D eigenvalue weighted by Gasteiger charge is 2.19. The fourth-order valence-corrected chi connectivity index (χ4v) is 2.80. The van der Waals surface area contributed by atoms with Gasteiger partial charge in [-0.1, -0.05) is 29.8 Å². The minimum absolute atomic E-state index is 0.0354. The van der Waals surface area contributed by atoms with Gasteiger partial charge in [-0.3, -0.25) is 25.7 Å². The van der Waals surface area contributed by atoms with Gasteiger partial charge >= 0.3 is 5.69 Å². The van der Waals surface area contributed by atoms with Crippen molar-refractivity contribution in [3.8, 4) is 0 Å². The Morgan fingerprint density at radius 2 is 1.88 bits per heavy atom. The van der Waals surface area contributed by atoms with E-state index in [0.29, 0.717) is 10.7 Å². The Morgan fingerprint density at radius 3 is 2.58 bits per heavy atom. The number of aromatic nitrogens is 1. The minimum Gasteiger partial charge on any atom is -0.334 e. The number of aryl methyl sites for hydroxylation is 1. The van der Waals surface area contributed by atoms with Gasteiger partial charge in [0.1, 0.15) is 10.8 Å². The van der Waals surface area contributed by atoms with Crippen LogP contribution in [0.3, 0.4) is 0 Å². The third-order valence-corrected chi connectivity index (χ3v) is 4.30. The van der Waals surface area contributed by atoms with Crippen molar-refractivity contribution in [2.45, 2.75) is 0 Å². The largest absolute Gasteiger partial charge is 0.334 e. The minimum atomic E-state index is -0.713. The number of hydrogen-bond donors (Lipinski definition) is 1. The summed E-state index contributed by atoms with van der Waals surface area (Å²) in [6.07, 6.45) is 1.45. The van der Waals surface area contributed by atoms with Gasteiger partial charge < -0.3 is 4.57 Å². The van der Waals surface area contributed by atoms with E-state index in [9.17, 15) is 20.2 Å². The number of para-hydroxylation sites is 1. The van der Waals surface area contributed by atoms with E-state index in [1.165, 1.54) is 12.3 Å². The molecule has 1 N–H and O–H groups in total. The zero-order valence-electron chi connectivity index (χ0n) is 13.4. The lowest BCUT2D eigenvalue weighted by molar-refractivity contribution is -0.393. The van der Waals surface area contributed by atoms with Gasteiger partial charge in [0.05, 0.1) is 22.1 Å². The average Bonchev–Trinajstić information content (AvgIpc) is 2.86. The standard InChI is InChI=1S/C16H12ClN5O4/c1-20-14-5-3-2-4-11(14)12(16(20)17)9-18-19-13-7-6-10(21(23)24)8-15(13)22(25)26/h2-9,19H,1H3. The lowest BCUT2D eigenvalue weighted by Crippen LogP contribution is -1.98. The molecule has 132 valence electrons. The van der Waals surface area contributed by atoms with Crippen molar-refractivity contribution in [3.63, 3.8) is 0 Å². The summed E-state index contributed by atoms with van der Waals surface area (Å²) in [5, 5.41) is 27.2. The molecular formula is C16H12ClN5O4. The molecule has 9 nitrogen and oxygen atoms in total. The van der Waals surface area contributed by atoms with Crippen LogP contribution in [0, 0.1) is 20.2 Å². The molecule has 0 spiro atoms. The van der Waals surface area contributed by atoms with Crippen LogP contribution >= 0.6 is 11.6 Å². The Labute approximate surface area is 151 Å². The third kappa shape index (κ3) is 3.07. The molecule has 3 aromatic rings. The van der Waals surface area contributed by atoms with Crippen molar-refractivity contribution in [2.75, 3.05) is 5.43 Å². The fourth-order valence-electron chi connectivity index (χ4n) is 2.56. The number of hydrazone groups is 1. The van der Waals surface area contributed by atoms with Gasteiger partial charge in [-0.05, 0) is 12.1 Å². The number of nitrogens with zero attached hydrogens (tertiary/aromatic N) is 4. The second-order valence-electron chi connectivity index (χ2n) is 5.37. The number of fused-ring (bicyclic) bond motifs is 1. The highest BCUT2D eigenvalue weighted by molar-refractivity contribution is 6.34. The molecule has 0 saturated heterocycles. The highest BCUT2D eigenvalue weighted by atomic mass is 35.5. The molecule has 2 aromatic carbocycles. The summed E-state index contributed by atoms with van der Waals surface area (Å²) in [5.41, 5.74) is 3.34. The zero-order chi connectivity index (χ0) is 18.8. The van der Waals surface area contributed by atoms with E-state index in [-0.39, 0.29) is 11.4 Å².